The third-order valence-electron chi connectivity index (χ3n) is 2.09. The first-order valence-corrected chi connectivity index (χ1v) is 6.22. The van der Waals surface area contributed by atoms with Gasteiger partial charge < -0.3 is 19.9 Å². The Balaban J connectivity index is 2.11. The molecule has 1 amide bonds. The molecule has 0 aliphatic carbocycles. The standard InChI is InChI=1S/C11H17NO4S/c1-15-3-4-16-7-11(14)12-6-10(13)9-2-5-17-8-9/h2,5,8,10,13H,3-4,6-7H2,1H3,(H,12,14). The van der Waals surface area contributed by atoms with Gasteiger partial charge in [-0.25, -0.2) is 0 Å². The zero-order valence-electron chi connectivity index (χ0n) is 9.72. The van der Waals surface area contributed by atoms with Gasteiger partial charge in [0.05, 0.1) is 19.3 Å². The Labute approximate surface area is 104 Å². The van der Waals surface area contributed by atoms with Crippen molar-refractivity contribution in [2.24, 2.45) is 0 Å². The Morgan fingerprint density at radius 2 is 2.41 bits per heavy atom. The number of carbonyl (C=O) groups is 1. The molecular weight excluding hydrogens is 242 g/mol. The van der Waals surface area contributed by atoms with Crippen LogP contribution >= 0.6 is 11.3 Å². The van der Waals surface area contributed by atoms with E-state index >= 15 is 0 Å². The average Bonchev–Trinajstić information content (AvgIpc) is 2.85. The number of methoxy groups -OCH3 is 1. The topological polar surface area (TPSA) is 67.8 Å². The molecule has 1 heterocycles. The van der Waals surface area contributed by atoms with E-state index in [0.29, 0.717) is 13.2 Å². The highest BCUT2D eigenvalue weighted by molar-refractivity contribution is 7.07. The summed E-state index contributed by atoms with van der Waals surface area (Å²) in [4.78, 5) is 11.3. The van der Waals surface area contributed by atoms with Gasteiger partial charge in [0.2, 0.25) is 5.91 Å². The third-order valence-corrected chi connectivity index (χ3v) is 2.79. The largest absolute Gasteiger partial charge is 0.387 e. The summed E-state index contributed by atoms with van der Waals surface area (Å²) >= 11 is 1.51. The molecule has 1 atom stereocenters. The Hall–Kier alpha value is -0.950. The van der Waals surface area contributed by atoms with E-state index in [0.717, 1.165) is 5.56 Å². The summed E-state index contributed by atoms with van der Waals surface area (Å²) in [6.45, 7) is 1.03. The van der Waals surface area contributed by atoms with Crippen molar-refractivity contribution < 1.29 is 19.4 Å². The van der Waals surface area contributed by atoms with Crippen LogP contribution in [0.1, 0.15) is 11.7 Å². The molecule has 0 bridgehead atoms. The van der Waals surface area contributed by atoms with Crippen molar-refractivity contribution in [3.63, 3.8) is 0 Å². The fourth-order valence-electron chi connectivity index (χ4n) is 1.15. The molecule has 0 saturated carbocycles. The molecule has 5 nitrogen and oxygen atoms in total. The van der Waals surface area contributed by atoms with Crippen molar-refractivity contribution >= 4 is 17.2 Å². The molecule has 0 radical (unpaired) electrons. The zero-order valence-corrected chi connectivity index (χ0v) is 10.5. The highest BCUT2D eigenvalue weighted by Gasteiger charge is 2.09. The molecule has 6 heteroatoms. The first kappa shape index (κ1) is 14.1. The predicted octanol–water partition coefficient (Wildman–Crippen LogP) is 0.561. The summed E-state index contributed by atoms with van der Waals surface area (Å²) in [5, 5.41) is 16.0. The Kier molecular flexibility index (Phi) is 6.80. The van der Waals surface area contributed by atoms with E-state index in [9.17, 15) is 9.90 Å². The number of thiophene rings is 1. The van der Waals surface area contributed by atoms with E-state index < -0.39 is 6.10 Å². The summed E-state index contributed by atoms with van der Waals surface area (Å²) in [7, 11) is 1.57. The van der Waals surface area contributed by atoms with Crippen LogP contribution in [0.15, 0.2) is 16.8 Å². The number of hydrogen-bond donors (Lipinski definition) is 2. The maximum Gasteiger partial charge on any atom is 0.246 e. The number of aliphatic hydroxyl groups excluding tert-OH is 1. The van der Waals surface area contributed by atoms with Gasteiger partial charge in [-0.1, -0.05) is 0 Å². The first-order chi connectivity index (χ1) is 8.24. The van der Waals surface area contributed by atoms with Crippen molar-refractivity contribution in [2.75, 3.05) is 33.5 Å². The van der Waals surface area contributed by atoms with E-state index in [1.54, 1.807) is 7.11 Å². The van der Waals surface area contributed by atoms with E-state index in [2.05, 4.69) is 5.32 Å². The van der Waals surface area contributed by atoms with Crippen LogP contribution in [0.2, 0.25) is 0 Å². The molecule has 0 fully saturated rings. The number of rotatable bonds is 8. The van der Waals surface area contributed by atoms with Crippen molar-refractivity contribution in [3.8, 4) is 0 Å². The van der Waals surface area contributed by atoms with Crippen molar-refractivity contribution in [1.29, 1.82) is 0 Å². The molecule has 0 aliphatic rings. The van der Waals surface area contributed by atoms with Gasteiger partial charge in [0.25, 0.3) is 0 Å². The summed E-state index contributed by atoms with van der Waals surface area (Å²) in [5.74, 6) is -0.240. The van der Waals surface area contributed by atoms with Crippen LogP contribution in [0.3, 0.4) is 0 Å². The molecule has 0 aliphatic heterocycles. The fourth-order valence-corrected chi connectivity index (χ4v) is 1.86. The van der Waals surface area contributed by atoms with E-state index in [1.807, 2.05) is 16.8 Å². The lowest BCUT2D eigenvalue weighted by atomic mass is 10.2. The Bertz CT molecular complexity index is 315. The van der Waals surface area contributed by atoms with E-state index in [4.69, 9.17) is 9.47 Å². The molecule has 0 saturated heterocycles. The number of carbonyl (C=O) groups excluding carboxylic acids is 1. The lowest BCUT2D eigenvalue weighted by molar-refractivity contribution is -0.126. The summed E-state index contributed by atoms with van der Waals surface area (Å²) in [6, 6.07) is 1.83. The van der Waals surface area contributed by atoms with Crippen LogP contribution in [-0.4, -0.2) is 44.5 Å². The lowest BCUT2D eigenvalue weighted by Gasteiger charge is -2.10. The van der Waals surface area contributed by atoms with Crippen molar-refractivity contribution in [2.45, 2.75) is 6.10 Å². The van der Waals surface area contributed by atoms with Crippen LogP contribution < -0.4 is 5.32 Å². The molecular formula is C11H17NO4S. The second kappa shape index (κ2) is 8.19. The second-order valence-electron chi connectivity index (χ2n) is 3.42. The second-order valence-corrected chi connectivity index (χ2v) is 4.20. The van der Waals surface area contributed by atoms with Crippen LogP contribution in [0, 0.1) is 0 Å². The number of aliphatic hydroxyl groups is 1. The van der Waals surface area contributed by atoms with Crippen LogP contribution in [0.25, 0.3) is 0 Å². The molecule has 1 rings (SSSR count). The SMILES string of the molecule is COCCOCC(=O)NCC(O)c1ccsc1. The Morgan fingerprint density at radius 1 is 1.59 bits per heavy atom. The molecule has 1 unspecified atom stereocenters. The van der Waals surface area contributed by atoms with Crippen LogP contribution in [-0.2, 0) is 14.3 Å². The van der Waals surface area contributed by atoms with Crippen molar-refractivity contribution in [1.82, 2.24) is 5.32 Å². The van der Waals surface area contributed by atoms with Gasteiger partial charge >= 0.3 is 0 Å². The van der Waals surface area contributed by atoms with Gasteiger partial charge in [-0.05, 0) is 22.4 Å². The highest BCUT2D eigenvalue weighted by atomic mass is 32.1. The first-order valence-electron chi connectivity index (χ1n) is 5.27. The van der Waals surface area contributed by atoms with Crippen LogP contribution in [0.4, 0.5) is 0 Å². The monoisotopic (exact) mass is 259 g/mol. The summed E-state index contributed by atoms with van der Waals surface area (Å²) in [5.41, 5.74) is 0.815. The number of ether oxygens (including phenoxy) is 2. The minimum atomic E-state index is -0.663. The van der Waals surface area contributed by atoms with Gasteiger partial charge in [0, 0.05) is 13.7 Å². The van der Waals surface area contributed by atoms with Gasteiger partial charge in [0.1, 0.15) is 6.61 Å². The summed E-state index contributed by atoms with van der Waals surface area (Å²) < 4.78 is 9.82. The maximum atomic E-state index is 11.3. The molecule has 1 aromatic rings. The zero-order chi connectivity index (χ0) is 12.5. The molecule has 0 aromatic carbocycles. The molecule has 1 aromatic heterocycles. The maximum absolute atomic E-state index is 11.3. The predicted molar refractivity (Wildman–Crippen MR) is 65.0 cm³/mol. The van der Waals surface area contributed by atoms with Gasteiger partial charge in [-0.2, -0.15) is 11.3 Å². The van der Waals surface area contributed by atoms with E-state index in [-0.39, 0.29) is 19.1 Å². The number of hydrogen-bond acceptors (Lipinski definition) is 5. The molecule has 2 N–H and O–H groups in total. The minimum absolute atomic E-state index is 0.0142. The minimum Gasteiger partial charge on any atom is -0.387 e. The van der Waals surface area contributed by atoms with Gasteiger partial charge in [-0.3, -0.25) is 4.79 Å². The quantitative estimate of drug-likeness (QED) is 0.669. The lowest BCUT2D eigenvalue weighted by Crippen LogP contribution is -2.31. The van der Waals surface area contributed by atoms with Gasteiger partial charge in [-0.15, -0.1) is 0 Å². The Morgan fingerprint density at radius 3 is 3.06 bits per heavy atom. The molecule has 0 spiro atoms. The number of amides is 1. The normalized spacial score (nSPS) is 12.4. The number of nitrogens with one attached hydrogen (secondary N) is 1. The van der Waals surface area contributed by atoms with Crippen LogP contribution in [0.5, 0.6) is 0 Å². The van der Waals surface area contributed by atoms with Crippen molar-refractivity contribution in [3.05, 3.63) is 22.4 Å². The summed E-state index contributed by atoms with van der Waals surface area (Å²) in [6.07, 6.45) is -0.663. The van der Waals surface area contributed by atoms with Gasteiger partial charge in [0.15, 0.2) is 0 Å². The average molecular weight is 259 g/mol. The highest BCUT2D eigenvalue weighted by Crippen LogP contribution is 2.14. The molecule has 17 heavy (non-hydrogen) atoms. The van der Waals surface area contributed by atoms with E-state index in [1.165, 1.54) is 11.3 Å². The fraction of sp³-hybridized carbons (Fsp3) is 0.545. The third kappa shape index (κ3) is 5.78. The smallest absolute Gasteiger partial charge is 0.246 e. The molecule has 96 valence electrons.